The molecule has 7 heteroatoms. The quantitative estimate of drug-likeness (QED) is 0.871. The van der Waals surface area contributed by atoms with Crippen LogP contribution in [0.3, 0.4) is 0 Å². The van der Waals surface area contributed by atoms with Crippen LogP contribution in [0.15, 0.2) is 35.2 Å². The predicted octanol–water partition coefficient (Wildman–Crippen LogP) is 2.21. The lowest BCUT2D eigenvalue weighted by Crippen LogP contribution is -2.32. The summed E-state index contributed by atoms with van der Waals surface area (Å²) in [4.78, 5) is 30.5. The molecule has 0 saturated carbocycles. The average Bonchev–Trinajstić information content (AvgIpc) is 3.23. The number of carbonyl (C=O) groups is 2. The summed E-state index contributed by atoms with van der Waals surface area (Å²) >= 11 is 1.49. The Bertz CT molecular complexity index is 718. The van der Waals surface area contributed by atoms with Crippen molar-refractivity contribution in [1.29, 1.82) is 0 Å². The van der Waals surface area contributed by atoms with Crippen molar-refractivity contribution in [3.63, 3.8) is 0 Å². The zero-order valence-corrected chi connectivity index (χ0v) is 14.2. The van der Waals surface area contributed by atoms with E-state index in [2.05, 4.69) is 10.3 Å². The smallest absolute Gasteiger partial charge is 0.227 e. The normalized spacial score (nSPS) is 17.1. The van der Waals surface area contributed by atoms with E-state index in [0.717, 1.165) is 11.4 Å². The maximum absolute atomic E-state index is 12.4. The van der Waals surface area contributed by atoms with Crippen LogP contribution in [0.5, 0.6) is 5.75 Å². The van der Waals surface area contributed by atoms with Gasteiger partial charge in [-0.15, -0.1) is 11.3 Å². The van der Waals surface area contributed by atoms with Crippen molar-refractivity contribution in [2.75, 3.05) is 18.1 Å². The van der Waals surface area contributed by atoms with Gasteiger partial charge in [-0.2, -0.15) is 0 Å². The van der Waals surface area contributed by atoms with Gasteiger partial charge in [0.25, 0.3) is 0 Å². The number of ether oxygens (including phenoxy) is 1. The number of hydrogen-bond donors (Lipinski definition) is 1. The van der Waals surface area contributed by atoms with Crippen molar-refractivity contribution >= 4 is 28.8 Å². The Kier molecular flexibility index (Phi) is 5.10. The molecule has 2 aromatic rings. The van der Waals surface area contributed by atoms with Gasteiger partial charge in [-0.1, -0.05) is 12.1 Å². The highest BCUT2D eigenvalue weighted by Crippen LogP contribution is 2.33. The lowest BCUT2D eigenvalue weighted by Gasteiger charge is -2.20. The molecule has 0 bridgehead atoms. The van der Waals surface area contributed by atoms with Gasteiger partial charge in [-0.3, -0.25) is 9.59 Å². The largest absolute Gasteiger partial charge is 0.492 e. The predicted molar refractivity (Wildman–Crippen MR) is 92.0 cm³/mol. The van der Waals surface area contributed by atoms with Crippen LogP contribution in [0.25, 0.3) is 0 Å². The third-order valence-corrected chi connectivity index (χ3v) is 4.51. The van der Waals surface area contributed by atoms with Gasteiger partial charge in [0.15, 0.2) is 0 Å². The minimum Gasteiger partial charge on any atom is -0.492 e. The molecule has 1 aliphatic heterocycles. The Morgan fingerprint density at radius 3 is 3.04 bits per heavy atom. The number of carbonyl (C=O) groups excluding carboxylic acids is 2. The van der Waals surface area contributed by atoms with Crippen molar-refractivity contribution in [3.8, 4) is 5.75 Å². The number of benzene rings is 1. The van der Waals surface area contributed by atoms with Crippen LogP contribution in [0.2, 0.25) is 0 Å². The third-order valence-electron chi connectivity index (χ3n) is 3.88. The Balaban J connectivity index is 1.66. The molecular formula is C17H19N3O3S. The molecule has 2 heterocycles. The number of thiazole rings is 1. The van der Waals surface area contributed by atoms with E-state index in [-0.39, 0.29) is 24.2 Å². The van der Waals surface area contributed by atoms with E-state index in [1.807, 2.05) is 36.6 Å². The molecule has 1 fully saturated rings. The molecule has 0 radical (unpaired) electrons. The monoisotopic (exact) mass is 345 g/mol. The van der Waals surface area contributed by atoms with Crippen LogP contribution in [-0.2, 0) is 16.1 Å². The van der Waals surface area contributed by atoms with Gasteiger partial charge in [0.2, 0.25) is 11.8 Å². The van der Waals surface area contributed by atoms with Crippen molar-refractivity contribution in [1.82, 2.24) is 10.3 Å². The maximum atomic E-state index is 12.4. The van der Waals surface area contributed by atoms with Gasteiger partial charge in [-0.25, -0.2) is 4.98 Å². The number of nitrogens with zero attached hydrogens (tertiary/aromatic N) is 2. The summed E-state index contributed by atoms with van der Waals surface area (Å²) in [5.74, 6) is 0.131. The standard InChI is InChI=1S/C17H19N3O3S/c1-2-23-15-6-4-3-5-14(15)20-9-12(7-16(20)21)17(22)18-8-13-10-24-11-19-13/h3-6,10-12H,2,7-9H2,1H3,(H,18,22)/t12-/m0/s1. The van der Waals surface area contributed by atoms with E-state index in [1.54, 1.807) is 10.4 Å². The van der Waals surface area contributed by atoms with Crippen molar-refractivity contribution < 1.29 is 14.3 Å². The minimum absolute atomic E-state index is 0.0593. The van der Waals surface area contributed by atoms with Gasteiger partial charge in [0.1, 0.15) is 5.75 Å². The average molecular weight is 345 g/mol. The molecule has 6 nitrogen and oxygen atoms in total. The Hall–Kier alpha value is -2.41. The summed E-state index contributed by atoms with van der Waals surface area (Å²) in [7, 11) is 0. The van der Waals surface area contributed by atoms with Crippen LogP contribution in [0.4, 0.5) is 5.69 Å². The first-order valence-electron chi connectivity index (χ1n) is 7.86. The van der Waals surface area contributed by atoms with E-state index < -0.39 is 0 Å². The van der Waals surface area contributed by atoms with Crippen LogP contribution in [-0.4, -0.2) is 29.9 Å². The second-order valence-electron chi connectivity index (χ2n) is 5.50. The molecule has 3 rings (SSSR count). The molecule has 24 heavy (non-hydrogen) atoms. The zero-order valence-electron chi connectivity index (χ0n) is 13.4. The number of anilines is 1. The molecule has 1 atom stereocenters. The van der Waals surface area contributed by atoms with E-state index in [4.69, 9.17) is 4.74 Å². The molecule has 1 aromatic heterocycles. The molecule has 1 aromatic carbocycles. The van der Waals surface area contributed by atoms with Crippen LogP contribution in [0, 0.1) is 5.92 Å². The molecular weight excluding hydrogens is 326 g/mol. The molecule has 1 N–H and O–H groups in total. The summed E-state index contributed by atoms with van der Waals surface area (Å²) < 4.78 is 5.59. The summed E-state index contributed by atoms with van der Waals surface area (Å²) in [6.07, 6.45) is 0.212. The third kappa shape index (κ3) is 3.56. The van der Waals surface area contributed by atoms with Gasteiger partial charge in [0.05, 0.1) is 36.0 Å². The number of rotatable bonds is 6. The van der Waals surface area contributed by atoms with Crippen molar-refractivity contribution in [2.24, 2.45) is 5.92 Å². The molecule has 0 spiro atoms. The summed E-state index contributed by atoms with van der Waals surface area (Å²) in [5.41, 5.74) is 3.28. The maximum Gasteiger partial charge on any atom is 0.227 e. The number of hydrogen-bond acceptors (Lipinski definition) is 5. The number of nitrogens with one attached hydrogen (secondary N) is 1. The SMILES string of the molecule is CCOc1ccccc1N1C[C@@H](C(=O)NCc2cscn2)CC1=O. The highest BCUT2D eigenvalue weighted by molar-refractivity contribution is 7.07. The number of para-hydroxylation sites is 2. The van der Waals surface area contributed by atoms with E-state index >= 15 is 0 Å². The molecule has 0 aliphatic carbocycles. The first-order chi connectivity index (χ1) is 11.7. The van der Waals surface area contributed by atoms with Gasteiger partial charge in [0, 0.05) is 18.3 Å². The summed E-state index contributed by atoms with van der Waals surface area (Å²) in [6.45, 7) is 3.18. The number of amides is 2. The van der Waals surface area contributed by atoms with Gasteiger partial charge >= 0.3 is 0 Å². The van der Waals surface area contributed by atoms with Crippen LogP contribution in [0.1, 0.15) is 19.0 Å². The van der Waals surface area contributed by atoms with Crippen LogP contribution >= 0.6 is 11.3 Å². The van der Waals surface area contributed by atoms with Crippen molar-refractivity contribution in [3.05, 3.63) is 40.8 Å². The second kappa shape index (κ2) is 7.44. The molecule has 0 unspecified atom stereocenters. The molecule has 1 aliphatic rings. The first-order valence-corrected chi connectivity index (χ1v) is 8.80. The highest BCUT2D eigenvalue weighted by atomic mass is 32.1. The first kappa shape index (κ1) is 16.4. The van der Waals surface area contributed by atoms with E-state index in [9.17, 15) is 9.59 Å². The summed E-state index contributed by atoms with van der Waals surface area (Å²) in [6, 6.07) is 7.41. The molecule has 1 saturated heterocycles. The summed E-state index contributed by atoms with van der Waals surface area (Å²) in [5, 5.41) is 4.75. The number of aromatic nitrogens is 1. The fourth-order valence-electron chi connectivity index (χ4n) is 2.72. The Morgan fingerprint density at radius 2 is 2.29 bits per heavy atom. The van der Waals surface area contributed by atoms with Gasteiger partial charge in [-0.05, 0) is 19.1 Å². The van der Waals surface area contributed by atoms with Crippen molar-refractivity contribution in [2.45, 2.75) is 19.9 Å². The topological polar surface area (TPSA) is 71.5 Å². The second-order valence-corrected chi connectivity index (χ2v) is 6.22. The molecule has 2 amide bonds. The zero-order chi connectivity index (χ0) is 16.9. The minimum atomic E-state index is -0.356. The van der Waals surface area contributed by atoms with E-state index in [1.165, 1.54) is 11.3 Å². The van der Waals surface area contributed by atoms with Gasteiger partial charge < -0.3 is 15.0 Å². The van der Waals surface area contributed by atoms with E-state index in [0.29, 0.717) is 25.4 Å². The highest BCUT2D eigenvalue weighted by Gasteiger charge is 2.36. The fraction of sp³-hybridized carbons (Fsp3) is 0.353. The van der Waals surface area contributed by atoms with Crippen LogP contribution < -0.4 is 15.0 Å². The fourth-order valence-corrected chi connectivity index (χ4v) is 3.28. The molecule has 126 valence electrons. The lowest BCUT2D eigenvalue weighted by atomic mass is 10.1. The Labute approximate surface area is 144 Å². The lowest BCUT2D eigenvalue weighted by molar-refractivity contribution is -0.126. The Morgan fingerprint density at radius 1 is 1.46 bits per heavy atom.